The normalized spacial score (nSPS) is 17.3. The predicted molar refractivity (Wildman–Crippen MR) is 155 cm³/mol. The van der Waals surface area contributed by atoms with Gasteiger partial charge in [0, 0.05) is 30.8 Å². The van der Waals surface area contributed by atoms with Crippen molar-refractivity contribution in [1.82, 2.24) is 19.9 Å². The number of aliphatic hydroxyl groups is 2. The van der Waals surface area contributed by atoms with Gasteiger partial charge in [0.25, 0.3) is 0 Å². The summed E-state index contributed by atoms with van der Waals surface area (Å²) in [5, 5.41) is 29.1. The van der Waals surface area contributed by atoms with Crippen LogP contribution in [0.2, 0.25) is 0 Å². The number of para-hydroxylation sites is 1. The Morgan fingerprint density at radius 3 is 2.50 bits per heavy atom. The van der Waals surface area contributed by atoms with Gasteiger partial charge < -0.3 is 25.6 Å². The van der Waals surface area contributed by atoms with E-state index in [9.17, 15) is 5.11 Å². The Hall–Kier alpha value is -2.70. The average molecular weight is 557 g/mol. The third kappa shape index (κ3) is 7.45. The highest BCUT2D eigenvalue weighted by Crippen LogP contribution is 2.37. The van der Waals surface area contributed by atoms with E-state index >= 15 is 0 Å². The molecule has 0 amide bonds. The molecule has 11 heteroatoms. The quantitative estimate of drug-likeness (QED) is 0.212. The number of anilines is 2. The predicted octanol–water partition coefficient (Wildman–Crippen LogP) is 5.37. The topological polar surface area (TPSA) is 125 Å². The third-order valence-corrected chi connectivity index (χ3v) is 8.32. The fraction of sp³-hybridized carbons (Fsp3) is 0.481. The van der Waals surface area contributed by atoms with Crippen LogP contribution in [0.1, 0.15) is 49.5 Å². The standard InChI is InChI=1S/C23H26N6OS2.C4H10O2/c1-13-12-31-19(25-13)10-24-23-26-14(2)20(22-28-17-5-3-4-6-18(17)32-22)21(29-23)27-16-8-7-15(9-16)11-30;1-4(2,5)6-3/h3-6,12,15-16,30H,7-11H2,1-2H3,(H2,24,26,27,29);5H,1-3H3/t15?,16-;/m0./s1. The van der Waals surface area contributed by atoms with Crippen molar-refractivity contribution in [3.8, 4) is 10.6 Å². The van der Waals surface area contributed by atoms with E-state index in [1.165, 1.54) is 7.11 Å². The second-order valence-electron chi connectivity index (χ2n) is 9.93. The number of hydrogen-bond donors (Lipinski definition) is 4. The number of thiazole rings is 2. The molecule has 2 atom stereocenters. The lowest BCUT2D eigenvalue weighted by molar-refractivity contribution is -0.155. The Labute approximate surface area is 231 Å². The fourth-order valence-electron chi connectivity index (χ4n) is 4.20. The first kappa shape index (κ1) is 28.3. The fourth-order valence-corrected chi connectivity index (χ4v) is 5.97. The van der Waals surface area contributed by atoms with Gasteiger partial charge in [-0.05, 0) is 65.0 Å². The molecule has 38 heavy (non-hydrogen) atoms. The minimum atomic E-state index is -0.958. The summed E-state index contributed by atoms with van der Waals surface area (Å²) in [6.07, 6.45) is 3.00. The Balaban J connectivity index is 0.000000505. The largest absolute Gasteiger partial charge is 0.396 e. The van der Waals surface area contributed by atoms with Crippen LogP contribution in [-0.4, -0.2) is 55.7 Å². The Kier molecular flexibility index (Phi) is 9.27. The van der Waals surface area contributed by atoms with Crippen LogP contribution < -0.4 is 10.6 Å². The van der Waals surface area contributed by atoms with Crippen LogP contribution >= 0.6 is 22.7 Å². The molecule has 204 valence electrons. The molecule has 0 spiro atoms. The maximum Gasteiger partial charge on any atom is 0.225 e. The summed E-state index contributed by atoms with van der Waals surface area (Å²) < 4.78 is 5.64. The van der Waals surface area contributed by atoms with Gasteiger partial charge in [-0.2, -0.15) is 4.98 Å². The van der Waals surface area contributed by atoms with Gasteiger partial charge in [-0.15, -0.1) is 22.7 Å². The summed E-state index contributed by atoms with van der Waals surface area (Å²) in [5.41, 5.74) is 3.85. The van der Waals surface area contributed by atoms with Gasteiger partial charge in [0.2, 0.25) is 5.95 Å². The first-order chi connectivity index (χ1) is 18.1. The van der Waals surface area contributed by atoms with Crippen molar-refractivity contribution in [1.29, 1.82) is 0 Å². The van der Waals surface area contributed by atoms with E-state index in [0.29, 0.717) is 18.4 Å². The maximum atomic E-state index is 9.55. The molecule has 3 heterocycles. The van der Waals surface area contributed by atoms with E-state index in [1.807, 2.05) is 37.4 Å². The number of aliphatic hydroxyl groups excluding tert-OH is 1. The van der Waals surface area contributed by atoms with Crippen molar-refractivity contribution in [2.75, 3.05) is 24.4 Å². The van der Waals surface area contributed by atoms with Crippen LogP contribution in [0, 0.1) is 19.8 Å². The minimum Gasteiger partial charge on any atom is -0.396 e. The van der Waals surface area contributed by atoms with Crippen LogP contribution in [0.3, 0.4) is 0 Å². The van der Waals surface area contributed by atoms with Crippen molar-refractivity contribution < 1.29 is 14.9 Å². The Bertz CT molecular complexity index is 1320. The zero-order valence-corrected chi connectivity index (χ0v) is 24.1. The molecule has 1 aliphatic rings. The second-order valence-corrected chi connectivity index (χ2v) is 11.9. The molecule has 5 rings (SSSR count). The van der Waals surface area contributed by atoms with Crippen LogP contribution in [0.4, 0.5) is 11.8 Å². The van der Waals surface area contributed by atoms with Crippen LogP contribution in [-0.2, 0) is 11.3 Å². The van der Waals surface area contributed by atoms with Crippen molar-refractivity contribution in [3.63, 3.8) is 0 Å². The maximum absolute atomic E-state index is 9.55. The zero-order chi connectivity index (χ0) is 27.3. The number of fused-ring (bicyclic) bond motifs is 1. The smallest absolute Gasteiger partial charge is 0.225 e. The van der Waals surface area contributed by atoms with E-state index in [-0.39, 0.29) is 12.6 Å². The third-order valence-electron chi connectivity index (χ3n) is 6.30. The summed E-state index contributed by atoms with van der Waals surface area (Å²) in [4.78, 5) is 19.0. The van der Waals surface area contributed by atoms with Gasteiger partial charge in [-0.1, -0.05) is 12.1 Å². The highest BCUT2D eigenvalue weighted by Gasteiger charge is 2.26. The number of ether oxygens (including phenoxy) is 1. The van der Waals surface area contributed by atoms with Gasteiger partial charge in [0.15, 0.2) is 5.79 Å². The van der Waals surface area contributed by atoms with Gasteiger partial charge in [0.05, 0.1) is 28.0 Å². The molecule has 1 aromatic carbocycles. The van der Waals surface area contributed by atoms with Gasteiger partial charge in [-0.25, -0.2) is 15.0 Å². The molecule has 4 N–H and O–H groups in total. The SMILES string of the molecule is COC(C)(C)O.Cc1csc(CNc2nc(C)c(-c3nc4ccccc4s3)c(N[C@H]3CCC(CO)C3)n2)n1. The monoisotopic (exact) mass is 556 g/mol. The molecule has 0 bridgehead atoms. The van der Waals surface area contributed by atoms with Crippen molar-refractivity contribution in [2.24, 2.45) is 5.92 Å². The summed E-state index contributed by atoms with van der Waals surface area (Å²) in [5.74, 6) is 0.782. The Morgan fingerprint density at radius 2 is 1.87 bits per heavy atom. The number of methoxy groups -OCH3 is 1. The number of nitrogens with one attached hydrogen (secondary N) is 2. The van der Waals surface area contributed by atoms with Crippen molar-refractivity contribution in [2.45, 2.75) is 65.3 Å². The summed E-state index contributed by atoms with van der Waals surface area (Å²) >= 11 is 3.29. The molecule has 0 radical (unpaired) electrons. The molecule has 1 aliphatic carbocycles. The molecule has 1 saturated carbocycles. The second kappa shape index (κ2) is 12.4. The van der Waals surface area contributed by atoms with Gasteiger partial charge in [0.1, 0.15) is 15.8 Å². The highest BCUT2D eigenvalue weighted by atomic mass is 32.1. The van der Waals surface area contributed by atoms with E-state index < -0.39 is 5.79 Å². The van der Waals surface area contributed by atoms with E-state index in [1.54, 1.807) is 36.5 Å². The molecule has 0 aliphatic heterocycles. The van der Waals surface area contributed by atoms with Crippen LogP contribution in [0.25, 0.3) is 20.8 Å². The van der Waals surface area contributed by atoms with E-state index in [0.717, 1.165) is 62.3 Å². The minimum absolute atomic E-state index is 0.242. The Morgan fingerprint density at radius 1 is 1.11 bits per heavy atom. The number of hydrogen-bond acceptors (Lipinski definition) is 11. The molecular weight excluding hydrogens is 520 g/mol. The lowest BCUT2D eigenvalue weighted by Gasteiger charge is -2.18. The summed E-state index contributed by atoms with van der Waals surface area (Å²) in [6, 6.07) is 8.45. The summed E-state index contributed by atoms with van der Waals surface area (Å²) in [6.45, 7) is 7.99. The molecule has 9 nitrogen and oxygen atoms in total. The number of rotatable bonds is 8. The molecular formula is C27H36N6O3S2. The highest BCUT2D eigenvalue weighted by molar-refractivity contribution is 7.21. The number of nitrogens with zero attached hydrogens (tertiary/aromatic N) is 4. The van der Waals surface area contributed by atoms with Crippen LogP contribution in [0.15, 0.2) is 29.6 Å². The molecule has 1 fully saturated rings. The number of aryl methyl sites for hydroxylation is 2. The lowest BCUT2D eigenvalue weighted by atomic mass is 10.1. The van der Waals surface area contributed by atoms with Gasteiger partial charge in [-0.3, -0.25) is 0 Å². The van der Waals surface area contributed by atoms with Crippen LogP contribution in [0.5, 0.6) is 0 Å². The first-order valence-corrected chi connectivity index (χ1v) is 14.4. The molecule has 0 saturated heterocycles. The van der Waals surface area contributed by atoms with E-state index in [4.69, 9.17) is 20.1 Å². The molecule has 3 aromatic heterocycles. The van der Waals surface area contributed by atoms with Crippen molar-refractivity contribution in [3.05, 3.63) is 46.0 Å². The average Bonchev–Trinajstić information content (AvgIpc) is 3.62. The number of aromatic nitrogens is 4. The summed E-state index contributed by atoms with van der Waals surface area (Å²) in [7, 11) is 1.46. The lowest BCUT2D eigenvalue weighted by Crippen LogP contribution is -2.20. The molecule has 4 aromatic rings. The zero-order valence-electron chi connectivity index (χ0n) is 22.5. The van der Waals surface area contributed by atoms with E-state index in [2.05, 4.69) is 26.4 Å². The van der Waals surface area contributed by atoms with Gasteiger partial charge >= 0.3 is 0 Å². The number of benzene rings is 1. The van der Waals surface area contributed by atoms with Crippen molar-refractivity contribution >= 4 is 44.7 Å². The molecule has 1 unspecified atom stereocenters. The first-order valence-electron chi connectivity index (χ1n) is 12.7.